The summed E-state index contributed by atoms with van der Waals surface area (Å²) in [6, 6.07) is 10.7. The standard InChI is InChI=1S/C21H21NO4/c1-12-14-8-7-13(19(23)15(14)9-10-18(12)26-2)11-21(25)16-5-3-4-6-17(16)22-20(21)24/h3-6,9-10,13,25H,7-8,11H2,1-2H3,(H,22,24)/t13-,21-/m1/s1. The van der Waals surface area contributed by atoms with E-state index in [1.165, 1.54) is 0 Å². The van der Waals surface area contributed by atoms with Gasteiger partial charge in [0.2, 0.25) is 0 Å². The van der Waals surface area contributed by atoms with Crippen molar-refractivity contribution in [1.82, 2.24) is 0 Å². The van der Waals surface area contributed by atoms with Gasteiger partial charge in [0.25, 0.3) is 5.91 Å². The molecule has 0 aromatic heterocycles. The highest BCUT2D eigenvalue weighted by Crippen LogP contribution is 2.43. The van der Waals surface area contributed by atoms with Gasteiger partial charge in [0.1, 0.15) is 5.75 Å². The van der Waals surface area contributed by atoms with E-state index in [1.807, 2.05) is 13.0 Å². The van der Waals surface area contributed by atoms with E-state index in [0.717, 1.165) is 23.3 Å². The summed E-state index contributed by atoms with van der Waals surface area (Å²) in [5.41, 5.74) is 2.18. The van der Waals surface area contributed by atoms with Gasteiger partial charge >= 0.3 is 0 Å². The lowest BCUT2D eigenvalue weighted by Crippen LogP contribution is -2.39. The minimum atomic E-state index is -1.66. The molecule has 0 unspecified atom stereocenters. The van der Waals surface area contributed by atoms with Gasteiger partial charge in [0.15, 0.2) is 11.4 Å². The maximum absolute atomic E-state index is 13.0. The maximum Gasteiger partial charge on any atom is 0.261 e. The number of benzene rings is 2. The number of anilines is 1. The molecule has 2 aliphatic rings. The third kappa shape index (κ3) is 2.35. The summed E-state index contributed by atoms with van der Waals surface area (Å²) in [7, 11) is 1.62. The molecule has 0 radical (unpaired) electrons. The van der Waals surface area contributed by atoms with E-state index in [-0.39, 0.29) is 12.2 Å². The number of fused-ring (bicyclic) bond motifs is 2. The minimum absolute atomic E-state index is 0.0115. The zero-order chi connectivity index (χ0) is 18.5. The molecule has 1 heterocycles. The molecule has 2 aromatic carbocycles. The molecule has 0 saturated carbocycles. The number of carbonyl (C=O) groups excluding carboxylic acids is 2. The van der Waals surface area contributed by atoms with Crippen LogP contribution < -0.4 is 10.1 Å². The number of hydrogen-bond donors (Lipinski definition) is 2. The van der Waals surface area contributed by atoms with Crippen LogP contribution in [0.2, 0.25) is 0 Å². The first kappa shape index (κ1) is 16.8. The molecule has 1 aliphatic heterocycles. The van der Waals surface area contributed by atoms with Crippen LogP contribution in [0.5, 0.6) is 5.75 Å². The van der Waals surface area contributed by atoms with Crippen LogP contribution in [0, 0.1) is 12.8 Å². The fourth-order valence-electron chi connectivity index (χ4n) is 4.23. The molecule has 5 heteroatoms. The SMILES string of the molecule is COc1ccc2c(c1C)CC[C@H](C[C@]1(O)C(=O)Nc3ccccc31)C2=O. The average Bonchev–Trinajstić information content (AvgIpc) is 2.89. The van der Waals surface area contributed by atoms with Crippen molar-refractivity contribution < 1.29 is 19.4 Å². The number of ether oxygens (including phenoxy) is 1. The second kappa shape index (κ2) is 5.95. The molecule has 5 nitrogen and oxygen atoms in total. The van der Waals surface area contributed by atoms with Gasteiger partial charge in [-0.3, -0.25) is 9.59 Å². The molecule has 4 rings (SSSR count). The van der Waals surface area contributed by atoms with Crippen molar-refractivity contribution in [1.29, 1.82) is 0 Å². The Morgan fingerprint density at radius 1 is 1.23 bits per heavy atom. The lowest BCUT2D eigenvalue weighted by atomic mass is 9.74. The number of carbonyl (C=O) groups is 2. The topological polar surface area (TPSA) is 75.6 Å². The molecule has 1 aliphatic carbocycles. The molecular weight excluding hydrogens is 330 g/mol. The predicted octanol–water partition coefficient (Wildman–Crippen LogP) is 2.98. The summed E-state index contributed by atoms with van der Waals surface area (Å²) < 4.78 is 5.35. The molecule has 2 N–H and O–H groups in total. The summed E-state index contributed by atoms with van der Waals surface area (Å²) >= 11 is 0. The first-order valence-electron chi connectivity index (χ1n) is 8.79. The van der Waals surface area contributed by atoms with E-state index in [0.29, 0.717) is 23.2 Å². The van der Waals surface area contributed by atoms with Crippen LogP contribution in [0.15, 0.2) is 36.4 Å². The predicted molar refractivity (Wildman–Crippen MR) is 97.5 cm³/mol. The van der Waals surface area contributed by atoms with E-state index < -0.39 is 17.4 Å². The number of nitrogens with one attached hydrogen (secondary N) is 1. The Labute approximate surface area is 152 Å². The minimum Gasteiger partial charge on any atom is -0.496 e. The fraction of sp³-hybridized carbons (Fsp3) is 0.333. The van der Waals surface area contributed by atoms with E-state index >= 15 is 0 Å². The van der Waals surface area contributed by atoms with Gasteiger partial charge in [0, 0.05) is 22.7 Å². The van der Waals surface area contributed by atoms with Crippen molar-refractivity contribution in [3.8, 4) is 5.75 Å². The van der Waals surface area contributed by atoms with Crippen molar-refractivity contribution in [3.63, 3.8) is 0 Å². The molecule has 1 amide bonds. The fourth-order valence-corrected chi connectivity index (χ4v) is 4.23. The summed E-state index contributed by atoms with van der Waals surface area (Å²) in [5, 5.41) is 13.8. The smallest absolute Gasteiger partial charge is 0.261 e. The number of hydrogen-bond acceptors (Lipinski definition) is 4. The Morgan fingerprint density at radius 2 is 2.00 bits per heavy atom. The zero-order valence-electron chi connectivity index (χ0n) is 14.8. The molecule has 134 valence electrons. The van der Waals surface area contributed by atoms with Crippen LogP contribution in [-0.4, -0.2) is 23.9 Å². The van der Waals surface area contributed by atoms with Crippen LogP contribution in [0.4, 0.5) is 5.69 Å². The monoisotopic (exact) mass is 351 g/mol. The second-order valence-corrected chi connectivity index (χ2v) is 7.08. The average molecular weight is 351 g/mol. The van der Waals surface area contributed by atoms with Gasteiger partial charge in [-0.1, -0.05) is 18.2 Å². The van der Waals surface area contributed by atoms with Crippen molar-refractivity contribution in [3.05, 3.63) is 58.7 Å². The highest BCUT2D eigenvalue weighted by molar-refractivity contribution is 6.06. The number of para-hydroxylation sites is 1. The third-order valence-electron chi connectivity index (χ3n) is 5.69. The van der Waals surface area contributed by atoms with Crippen molar-refractivity contribution in [2.24, 2.45) is 5.92 Å². The number of amides is 1. The molecule has 26 heavy (non-hydrogen) atoms. The quantitative estimate of drug-likeness (QED) is 0.891. The first-order chi connectivity index (χ1) is 12.5. The van der Waals surface area contributed by atoms with Gasteiger partial charge in [0.05, 0.1) is 7.11 Å². The maximum atomic E-state index is 13.0. The Balaban J connectivity index is 1.66. The second-order valence-electron chi connectivity index (χ2n) is 7.08. The van der Waals surface area contributed by atoms with Gasteiger partial charge in [-0.05, 0) is 55.5 Å². The van der Waals surface area contributed by atoms with Gasteiger partial charge in [-0.15, -0.1) is 0 Å². The van der Waals surface area contributed by atoms with Gasteiger partial charge < -0.3 is 15.2 Å². The van der Waals surface area contributed by atoms with Gasteiger partial charge in [-0.25, -0.2) is 0 Å². The molecule has 0 bridgehead atoms. The van der Waals surface area contributed by atoms with E-state index in [2.05, 4.69) is 5.32 Å². The summed E-state index contributed by atoms with van der Waals surface area (Å²) in [5.74, 6) is -0.0826. The first-order valence-corrected chi connectivity index (χ1v) is 8.79. The van der Waals surface area contributed by atoms with E-state index in [9.17, 15) is 14.7 Å². The Kier molecular flexibility index (Phi) is 3.84. The van der Waals surface area contributed by atoms with Crippen molar-refractivity contribution in [2.75, 3.05) is 12.4 Å². The number of aliphatic hydroxyl groups is 1. The highest BCUT2D eigenvalue weighted by atomic mass is 16.5. The lowest BCUT2D eigenvalue weighted by molar-refractivity contribution is -0.135. The molecule has 0 fully saturated rings. The van der Waals surface area contributed by atoms with Crippen LogP contribution in [0.1, 0.15) is 39.9 Å². The van der Waals surface area contributed by atoms with Crippen LogP contribution >= 0.6 is 0 Å². The molecular formula is C21H21NO4. The van der Waals surface area contributed by atoms with Crippen molar-refractivity contribution in [2.45, 2.75) is 31.8 Å². The van der Waals surface area contributed by atoms with Crippen LogP contribution in [0.25, 0.3) is 0 Å². The molecule has 2 atom stereocenters. The van der Waals surface area contributed by atoms with Crippen molar-refractivity contribution >= 4 is 17.4 Å². The number of Topliss-reactive ketones (excluding diaryl/α,β-unsaturated/α-hetero) is 1. The van der Waals surface area contributed by atoms with Crippen LogP contribution in [0.3, 0.4) is 0 Å². The third-order valence-corrected chi connectivity index (χ3v) is 5.69. The lowest BCUT2D eigenvalue weighted by Gasteiger charge is -2.30. The largest absolute Gasteiger partial charge is 0.496 e. The molecule has 0 saturated heterocycles. The Morgan fingerprint density at radius 3 is 2.77 bits per heavy atom. The summed E-state index contributed by atoms with van der Waals surface area (Å²) in [6.07, 6.45) is 1.44. The molecule has 2 aromatic rings. The highest BCUT2D eigenvalue weighted by Gasteiger charge is 2.48. The number of methoxy groups -OCH3 is 1. The van der Waals surface area contributed by atoms with E-state index in [1.54, 1.807) is 37.4 Å². The normalized spacial score (nSPS) is 24.0. The zero-order valence-corrected chi connectivity index (χ0v) is 14.8. The van der Waals surface area contributed by atoms with E-state index in [4.69, 9.17) is 4.74 Å². The number of rotatable bonds is 3. The molecule has 0 spiro atoms. The summed E-state index contributed by atoms with van der Waals surface area (Å²) in [6.45, 7) is 1.96. The van der Waals surface area contributed by atoms with Gasteiger partial charge in [-0.2, -0.15) is 0 Å². The number of ketones is 1. The Bertz CT molecular complexity index is 920. The Hall–Kier alpha value is -2.66. The summed E-state index contributed by atoms with van der Waals surface area (Å²) in [4.78, 5) is 25.5. The van der Waals surface area contributed by atoms with Crippen LogP contribution in [-0.2, 0) is 16.8 Å².